The first-order valence-corrected chi connectivity index (χ1v) is 6.91. The molecule has 6 heteroatoms. The van der Waals surface area contributed by atoms with Gasteiger partial charge in [-0.1, -0.05) is 12.0 Å². The number of nitrogens with one attached hydrogen (secondary N) is 2. The molecule has 0 aromatic carbocycles. The third-order valence-corrected chi connectivity index (χ3v) is 3.21. The van der Waals surface area contributed by atoms with Crippen LogP contribution in [0.3, 0.4) is 0 Å². The molecule has 0 fully saturated rings. The maximum absolute atomic E-state index is 5.61. The first kappa shape index (κ1) is 14.6. The van der Waals surface area contributed by atoms with Crippen molar-refractivity contribution >= 4 is 6.01 Å². The smallest absolute Gasteiger partial charge is 0.316 e. The fourth-order valence-electron chi connectivity index (χ4n) is 2.20. The van der Waals surface area contributed by atoms with Gasteiger partial charge in [-0.15, -0.1) is 5.10 Å². The molecule has 2 rings (SSSR count). The standard InChI is InChI=1S/C14H22N4O2/c1-6-15-10(4)13-17-18-14(20-13)16-9(3)12-7-8(2)19-11(12)5/h7,9-10,15H,6H2,1-5H3,(H,16,18). The van der Waals surface area contributed by atoms with Crippen molar-refractivity contribution in [1.82, 2.24) is 15.5 Å². The monoisotopic (exact) mass is 278 g/mol. The molecular formula is C14H22N4O2. The quantitative estimate of drug-likeness (QED) is 0.845. The molecule has 2 heterocycles. The van der Waals surface area contributed by atoms with Gasteiger partial charge < -0.3 is 19.5 Å². The largest absolute Gasteiger partial charge is 0.466 e. The van der Waals surface area contributed by atoms with E-state index >= 15 is 0 Å². The van der Waals surface area contributed by atoms with Crippen molar-refractivity contribution in [3.05, 3.63) is 29.0 Å². The highest BCUT2D eigenvalue weighted by atomic mass is 16.4. The van der Waals surface area contributed by atoms with Crippen molar-refractivity contribution in [1.29, 1.82) is 0 Å². The Labute approximate surface area is 119 Å². The lowest BCUT2D eigenvalue weighted by molar-refractivity contribution is 0.427. The third-order valence-electron chi connectivity index (χ3n) is 3.21. The lowest BCUT2D eigenvalue weighted by Crippen LogP contribution is -2.17. The van der Waals surface area contributed by atoms with Gasteiger partial charge in [0.15, 0.2) is 0 Å². The van der Waals surface area contributed by atoms with Crippen LogP contribution in [0.25, 0.3) is 0 Å². The maximum atomic E-state index is 5.61. The lowest BCUT2D eigenvalue weighted by atomic mass is 10.1. The summed E-state index contributed by atoms with van der Waals surface area (Å²) in [6.45, 7) is 10.8. The summed E-state index contributed by atoms with van der Waals surface area (Å²) in [4.78, 5) is 0. The number of aromatic nitrogens is 2. The number of furan rings is 1. The zero-order chi connectivity index (χ0) is 14.7. The maximum Gasteiger partial charge on any atom is 0.316 e. The molecule has 2 N–H and O–H groups in total. The predicted octanol–water partition coefficient (Wildman–Crippen LogP) is 3.12. The predicted molar refractivity (Wildman–Crippen MR) is 76.6 cm³/mol. The zero-order valence-electron chi connectivity index (χ0n) is 12.7. The van der Waals surface area contributed by atoms with Crippen LogP contribution in [0.1, 0.15) is 55.8 Å². The van der Waals surface area contributed by atoms with E-state index in [0.29, 0.717) is 11.9 Å². The van der Waals surface area contributed by atoms with Gasteiger partial charge in [0.1, 0.15) is 11.5 Å². The van der Waals surface area contributed by atoms with Crippen LogP contribution in [0.15, 0.2) is 14.9 Å². The molecule has 0 aliphatic carbocycles. The fourth-order valence-corrected chi connectivity index (χ4v) is 2.20. The Balaban J connectivity index is 2.05. The molecule has 0 aliphatic heterocycles. The van der Waals surface area contributed by atoms with Crippen molar-refractivity contribution in [3.8, 4) is 0 Å². The van der Waals surface area contributed by atoms with Crippen molar-refractivity contribution in [2.45, 2.75) is 46.7 Å². The molecule has 2 unspecified atom stereocenters. The lowest BCUT2D eigenvalue weighted by Gasteiger charge is -2.10. The topological polar surface area (TPSA) is 76.1 Å². The van der Waals surface area contributed by atoms with Crippen LogP contribution in [0.2, 0.25) is 0 Å². The van der Waals surface area contributed by atoms with Crippen molar-refractivity contribution in [2.75, 3.05) is 11.9 Å². The SMILES string of the molecule is CCNC(C)c1nnc(NC(C)c2cc(C)oc2C)o1. The first-order chi connectivity index (χ1) is 9.51. The summed E-state index contributed by atoms with van der Waals surface area (Å²) in [5.74, 6) is 2.39. The molecule has 110 valence electrons. The molecule has 0 amide bonds. The zero-order valence-corrected chi connectivity index (χ0v) is 12.7. The van der Waals surface area contributed by atoms with Gasteiger partial charge >= 0.3 is 6.01 Å². The highest BCUT2D eigenvalue weighted by molar-refractivity contribution is 5.31. The number of anilines is 1. The van der Waals surface area contributed by atoms with Crippen LogP contribution in [-0.4, -0.2) is 16.7 Å². The van der Waals surface area contributed by atoms with Crippen LogP contribution in [0.5, 0.6) is 0 Å². The van der Waals surface area contributed by atoms with Gasteiger partial charge in [-0.05, 0) is 40.3 Å². The molecule has 0 radical (unpaired) electrons. The van der Waals surface area contributed by atoms with Crippen LogP contribution < -0.4 is 10.6 Å². The van der Waals surface area contributed by atoms with Crippen LogP contribution in [-0.2, 0) is 0 Å². The number of aryl methyl sites for hydroxylation is 2. The number of nitrogens with zero attached hydrogens (tertiary/aromatic N) is 2. The summed E-state index contributed by atoms with van der Waals surface area (Å²) in [6.07, 6.45) is 0. The van der Waals surface area contributed by atoms with Crippen molar-refractivity contribution < 1.29 is 8.83 Å². The van der Waals surface area contributed by atoms with Crippen molar-refractivity contribution in [2.24, 2.45) is 0 Å². The minimum absolute atomic E-state index is 0.0511. The molecule has 0 bridgehead atoms. The van der Waals surface area contributed by atoms with E-state index in [-0.39, 0.29) is 12.1 Å². The van der Waals surface area contributed by atoms with E-state index in [9.17, 15) is 0 Å². The Bertz CT molecular complexity index is 561. The second kappa shape index (κ2) is 6.09. The molecule has 2 atom stereocenters. The Hall–Kier alpha value is -1.82. The Kier molecular flexibility index (Phi) is 4.44. The third kappa shape index (κ3) is 3.19. The van der Waals surface area contributed by atoms with Gasteiger partial charge in [0.05, 0.1) is 12.1 Å². The van der Waals surface area contributed by atoms with E-state index in [2.05, 4.69) is 20.8 Å². The number of rotatable bonds is 6. The van der Waals surface area contributed by atoms with E-state index < -0.39 is 0 Å². The summed E-state index contributed by atoms with van der Waals surface area (Å²) < 4.78 is 11.1. The number of hydrogen-bond acceptors (Lipinski definition) is 6. The summed E-state index contributed by atoms with van der Waals surface area (Å²) in [7, 11) is 0. The molecule has 2 aromatic heterocycles. The van der Waals surface area contributed by atoms with Gasteiger partial charge in [0.2, 0.25) is 5.89 Å². The van der Waals surface area contributed by atoms with Gasteiger partial charge in [0, 0.05) is 5.56 Å². The van der Waals surface area contributed by atoms with Crippen molar-refractivity contribution in [3.63, 3.8) is 0 Å². The average molecular weight is 278 g/mol. The molecule has 0 saturated carbocycles. The molecule has 20 heavy (non-hydrogen) atoms. The van der Waals surface area contributed by atoms with Crippen LogP contribution >= 0.6 is 0 Å². The summed E-state index contributed by atoms with van der Waals surface area (Å²) in [5.41, 5.74) is 1.10. The molecule has 2 aromatic rings. The molecular weight excluding hydrogens is 256 g/mol. The minimum atomic E-state index is 0.0511. The Morgan fingerprint density at radius 1 is 1.15 bits per heavy atom. The second-order valence-electron chi connectivity index (χ2n) is 4.96. The molecule has 0 spiro atoms. The van der Waals surface area contributed by atoms with Gasteiger partial charge in [-0.2, -0.15) is 0 Å². The summed E-state index contributed by atoms with van der Waals surface area (Å²) in [5, 5.41) is 14.5. The van der Waals surface area contributed by atoms with E-state index in [0.717, 1.165) is 23.6 Å². The fraction of sp³-hybridized carbons (Fsp3) is 0.571. The van der Waals surface area contributed by atoms with E-state index in [1.54, 1.807) is 0 Å². The normalized spacial score (nSPS) is 14.2. The molecule has 0 saturated heterocycles. The van der Waals surface area contributed by atoms with Crippen LogP contribution in [0, 0.1) is 13.8 Å². The van der Waals surface area contributed by atoms with Gasteiger partial charge in [-0.3, -0.25) is 0 Å². The minimum Gasteiger partial charge on any atom is -0.466 e. The highest BCUT2D eigenvalue weighted by Crippen LogP contribution is 2.25. The van der Waals surface area contributed by atoms with Gasteiger partial charge in [0.25, 0.3) is 0 Å². The van der Waals surface area contributed by atoms with E-state index in [1.165, 1.54) is 0 Å². The van der Waals surface area contributed by atoms with Gasteiger partial charge in [-0.25, -0.2) is 0 Å². The Morgan fingerprint density at radius 2 is 1.90 bits per heavy atom. The van der Waals surface area contributed by atoms with Crippen LogP contribution in [0.4, 0.5) is 6.01 Å². The average Bonchev–Trinajstić information content (AvgIpc) is 2.96. The number of hydrogen-bond donors (Lipinski definition) is 2. The molecule has 0 aliphatic rings. The summed E-state index contributed by atoms with van der Waals surface area (Å²) in [6, 6.07) is 2.55. The second-order valence-corrected chi connectivity index (χ2v) is 4.96. The Morgan fingerprint density at radius 3 is 2.50 bits per heavy atom. The van der Waals surface area contributed by atoms with E-state index in [1.807, 2.05) is 40.7 Å². The first-order valence-electron chi connectivity index (χ1n) is 6.91. The molecule has 6 nitrogen and oxygen atoms in total. The highest BCUT2D eigenvalue weighted by Gasteiger charge is 2.17. The van der Waals surface area contributed by atoms with E-state index in [4.69, 9.17) is 8.83 Å². The summed E-state index contributed by atoms with van der Waals surface area (Å²) >= 11 is 0.